The minimum Gasteiger partial charge on any atom is -0.356 e. The number of benzene rings is 1. The van der Waals surface area contributed by atoms with Crippen molar-refractivity contribution in [1.82, 2.24) is 21.1 Å². The number of likely N-dealkylation sites (tertiary alicyclic amines) is 1. The van der Waals surface area contributed by atoms with Crippen LogP contribution in [-0.2, 0) is 4.79 Å². The van der Waals surface area contributed by atoms with Crippen molar-refractivity contribution in [3.8, 4) is 0 Å². The molecule has 1 aliphatic carbocycles. The van der Waals surface area contributed by atoms with Crippen LogP contribution in [0.1, 0.15) is 37.3 Å². The molecule has 2 saturated heterocycles. The third kappa shape index (κ3) is 3.48. The SMILES string of the molecule is O=C(CCN1C[C@H]2CC[C@@H]1C2)NCC1CNNC1c1ccccc1. The Bertz CT molecular complexity index is 564. The van der Waals surface area contributed by atoms with Crippen LogP contribution in [0.2, 0.25) is 0 Å². The molecule has 2 bridgehead atoms. The molecule has 4 rings (SSSR count). The molecule has 0 aromatic heterocycles. The molecule has 24 heavy (non-hydrogen) atoms. The molecule has 2 aliphatic heterocycles. The van der Waals surface area contributed by atoms with Crippen LogP contribution in [0.3, 0.4) is 0 Å². The van der Waals surface area contributed by atoms with Crippen LogP contribution in [-0.4, -0.2) is 43.0 Å². The van der Waals surface area contributed by atoms with E-state index in [-0.39, 0.29) is 11.9 Å². The summed E-state index contributed by atoms with van der Waals surface area (Å²) in [6.07, 6.45) is 4.73. The molecule has 5 heteroatoms. The fourth-order valence-corrected chi connectivity index (χ4v) is 4.62. The van der Waals surface area contributed by atoms with Gasteiger partial charge in [-0.2, -0.15) is 0 Å². The molecule has 3 N–H and O–H groups in total. The van der Waals surface area contributed by atoms with E-state index in [1.165, 1.54) is 31.4 Å². The van der Waals surface area contributed by atoms with Gasteiger partial charge in [-0.1, -0.05) is 30.3 Å². The second kappa shape index (κ2) is 7.21. The van der Waals surface area contributed by atoms with Gasteiger partial charge < -0.3 is 5.32 Å². The number of rotatable bonds is 6. The van der Waals surface area contributed by atoms with E-state index >= 15 is 0 Å². The summed E-state index contributed by atoms with van der Waals surface area (Å²) >= 11 is 0. The van der Waals surface area contributed by atoms with Gasteiger partial charge in [0.25, 0.3) is 0 Å². The van der Waals surface area contributed by atoms with Crippen molar-refractivity contribution in [3.63, 3.8) is 0 Å². The van der Waals surface area contributed by atoms with E-state index in [0.717, 1.165) is 31.6 Å². The van der Waals surface area contributed by atoms with Gasteiger partial charge in [0.05, 0.1) is 6.04 Å². The monoisotopic (exact) mass is 328 g/mol. The third-order valence-electron chi connectivity index (χ3n) is 5.96. The lowest BCUT2D eigenvalue weighted by atomic mass is 9.95. The summed E-state index contributed by atoms with van der Waals surface area (Å²) in [6.45, 7) is 3.75. The Labute approximate surface area is 144 Å². The Morgan fingerprint density at radius 2 is 2.12 bits per heavy atom. The number of amides is 1. The van der Waals surface area contributed by atoms with E-state index in [2.05, 4.69) is 45.3 Å². The van der Waals surface area contributed by atoms with Crippen LogP contribution >= 0.6 is 0 Å². The van der Waals surface area contributed by atoms with Crippen LogP contribution in [0.25, 0.3) is 0 Å². The van der Waals surface area contributed by atoms with Gasteiger partial charge in [-0.25, -0.2) is 5.43 Å². The van der Waals surface area contributed by atoms with Gasteiger partial charge in [0.1, 0.15) is 0 Å². The van der Waals surface area contributed by atoms with Crippen molar-refractivity contribution < 1.29 is 4.79 Å². The van der Waals surface area contributed by atoms with Crippen molar-refractivity contribution in [2.75, 3.05) is 26.2 Å². The summed E-state index contributed by atoms with van der Waals surface area (Å²) in [5.41, 5.74) is 7.84. The fourth-order valence-electron chi connectivity index (χ4n) is 4.62. The molecule has 5 nitrogen and oxygen atoms in total. The topological polar surface area (TPSA) is 56.4 Å². The van der Waals surface area contributed by atoms with Crippen LogP contribution in [0.15, 0.2) is 30.3 Å². The first-order chi connectivity index (χ1) is 11.8. The minimum absolute atomic E-state index is 0.191. The number of hydrazine groups is 1. The van der Waals surface area contributed by atoms with Gasteiger partial charge in [-0.15, -0.1) is 0 Å². The van der Waals surface area contributed by atoms with Crippen LogP contribution < -0.4 is 16.2 Å². The van der Waals surface area contributed by atoms with Gasteiger partial charge in [0.2, 0.25) is 5.91 Å². The average molecular weight is 328 g/mol. The molecule has 2 unspecified atom stereocenters. The molecular formula is C19H28N4O. The van der Waals surface area contributed by atoms with Gasteiger partial charge in [-0.3, -0.25) is 15.1 Å². The second-order valence-electron chi connectivity index (χ2n) is 7.56. The molecule has 1 amide bonds. The Hall–Kier alpha value is -1.43. The minimum atomic E-state index is 0.191. The number of hydrogen-bond donors (Lipinski definition) is 3. The maximum atomic E-state index is 12.2. The lowest BCUT2D eigenvalue weighted by Crippen LogP contribution is -2.37. The molecule has 1 saturated carbocycles. The molecule has 0 spiro atoms. The highest BCUT2D eigenvalue weighted by atomic mass is 16.1. The quantitative estimate of drug-likeness (QED) is 0.740. The van der Waals surface area contributed by atoms with Crippen molar-refractivity contribution in [2.45, 2.75) is 37.8 Å². The second-order valence-corrected chi connectivity index (χ2v) is 7.56. The Kier molecular flexibility index (Phi) is 4.83. The van der Waals surface area contributed by atoms with E-state index in [4.69, 9.17) is 0 Å². The summed E-state index contributed by atoms with van der Waals surface area (Å²) < 4.78 is 0. The molecule has 0 radical (unpaired) electrons. The number of carbonyl (C=O) groups is 1. The predicted molar refractivity (Wildman–Crippen MR) is 94.1 cm³/mol. The highest BCUT2D eigenvalue weighted by molar-refractivity contribution is 5.76. The van der Waals surface area contributed by atoms with Crippen LogP contribution in [0, 0.1) is 11.8 Å². The van der Waals surface area contributed by atoms with Gasteiger partial charge in [-0.05, 0) is 30.7 Å². The standard InChI is InChI=1S/C19H28N4O/c24-18(8-9-23-13-14-6-7-17(23)10-14)20-11-16-12-21-22-19(16)15-4-2-1-3-5-15/h1-5,14,16-17,19,21-22H,6-13H2,(H,20,24)/t14-,16?,17+,19?/m0/s1. The molecule has 2 heterocycles. The Morgan fingerprint density at radius 3 is 2.88 bits per heavy atom. The average Bonchev–Trinajstić information content (AvgIpc) is 3.35. The molecule has 3 aliphatic rings. The smallest absolute Gasteiger partial charge is 0.221 e. The van der Waals surface area contributed by atoms with E-state index in [0.29, 0.717) is 12.3 Å². The van der Waals surface area contributed by atoms with Gasteiger partial charge >= 0.3 is 0 Å². The lowest BCUT2D eigenvalue weighted by Gasteiger charge is -2.26. The predicted octanol–water partition coefficient (Wildman–Crippen LogP) is 1.44. The van der Waals surface area contributed by atoms with Crippen molar-refractivity contribution in [2.24, 2.45) is 11.8 Å². The fraction of sp³-hybridized carbons (Fsp3) is 0.632. The number of fused-ring (bicyclic) bond motifs is 2. The first kappa shape index (κ1) is 16.1. The summed E-state index contributed by atoms with van der Waals surface area (Å²) in [6, 6.07) is 11.5. The maximum absolute atomic E-state index is 12.2. The van der Waals surface area contributed by atoms with E-state index in [1.807, 2.05) is 6.07 Å². The van der Waals surface area contributed by atoms with Gasteiger partial charge in [0.15, 0.2) is 0 Å². The zero-order valence-corrected chi connectivity index (χ0v) is 14.2. The van der Waals surface area contributed by atoms with E-state index in [9.17, 15) is 4.79 Å². The normalized spacial score (nSPS) is 32.3. The highest BCUT2D eigenvalue weighted by Crippen LogP contribution is 2.37. The molecular weight excluding hydrogens is 300 g/mol. The molecule has 4 atom stereocenters. The molecule has 130 valence electrons. The summed E-state index contributed by atoms with van der Waals surface area (Å²) in [4.78, 5) is 14.8. The van der Waals surface area contributed by atoms with Crippen LogP contribution in [0.4, 0.5) is 0 Å². The number of nitrogens with zero attached hydrogens (tertiary/aromatic N) is 1. The number of carbonyl (C=O) groups excluding carboxylic acids is 1. The summed E-state index contributed by atoms with van der Waals surface area (Å²) in [7, 11) is 0. The molecule has 1 aromatic carbocycles. The van der Waals surface area contributed by atoms with Crippen LogP contribution in [0.5, 0.6) is 0 Å². The summed E-state index contributed by atoms with van der Waals surface area (Å²) in [5.74, 6) is 1.48. The molecule has 1 aromatic rings. The Morgan fingerprint density at radius 1 is 1.25 bits per heavy atom. The Balaban J connectivity index is 1.22. The maximum Gasteiger partial charge on any atom is 0.221 e. The first-order valence-corrected chi connectivity index (χ1v) is 9.33. The summed E-state index contributed by atoms with van der Waals surface area (Å²) in [5, 5.41) is 3.15. The zero-order chi connectivity index (χ0) is 16.4. The highest BCUT2D eigenvalue weighted by Gasteiger charge is 2.37. The number of piperidine rings is 1. The van der Waals surface area contributed by atoms with Crippen molar-refractivity contribution in [1.29, 1.82) is 0 Å². The van der Waals surface area contributed by atoms with Crippen molar-refractivity contribution in [3.05, 3.63) is 35.9 Å². The van der Waals surface area contributed by atoms with Crippen molar-refractivity contribution >= 4 is 5.91 Å². The molecule has 3 fully saturated rings. The lowest BCUT2D eigenvalue weighted by molar-refractivity contribution is -0.121. The largest absolute Gasteiger partial charge is 0.356 e. The van der Waals surface area contributed by atoms with E-state index in [1.54, 1.807) is 0 Å². The number of nitrogens with one attached hydrogen (secondary N) is 3. The first-order valence-electron chi connectivity index (χ1n) is 9.33. The zero-order valence-electron chi connectivity index (χ0n) is 14.2. The number of hydrogen-bond acceptors (Lipinski definition) is 4. The van der Waals surface area contributed by atoms with E-state index < -0.39 is 0 Å². The van der Waals surface area contributed by atoms with Gasteiger partial charge in [0, 0.05) is 44.6 Å². The third-order valence-corrected chi connectivity index (χ3v) is 5.96.